The minimum atomic E-state index is -4.53. The summed E-state index contributed by atoms with van der Waals surface area (Å²) in [6.45, 7) is 3.70. The lowest BCUT2D eigenvalue weighted by molar-refractivity contribution is -0.137. The van der Waals surface area contributed by atoms with E-state index in [2.05, 4.69) is 10.4 Å². The number of amides is 1. The van der Waals surface area contributed by atoms with Gasteiger partial charge >= 0.3 is 6.18 Å². The Morgan fingerprint density at radius 2 is 1.84 bits per heavy atom. The van der Waals surface area contributed by atoms with Crippen LogP contribution in [0.15, 0.2) is 59.4 Å². The van der Waals surface area contributed by atoms with Crippen molar-refractivity contribution in [2.45, 2.75) is 20.0 Å². The van der Waals surface area contributed by atoms with E-state index in [0.29, 0.717) is 11.4 Å². The fourth-order valence-electron chi connectivity index (χ4n) is 2.91. The number of aryl methyl sites for hydroxylation is 2. The summed E-state index contributed by atoms with van der Waals surface area (Å²) in [5, 5.41) is 6.54. The fourth-order valence-corrected chi connectivity index (χ4v) is 2.91. The number of alkyl halides is 3. The number of benzene rings is 2. The molecule has 0 fully saturated rings. The first-order valence-electron chi connectivity index (χ1n) is 9.42. The Morgan fingerprint density at radius 3 is 2.55 bits per heavy atom. The molecule has 0 unspecified atom stereocenters. The van der Waals surface area contributed by atoms with Crippen molar-refractivity contribution in [1.29, 1.82) is 0 Å². The van der Waals surface area contributed by atoms with Crippen LogP contribution in [0.2, 0.25) is 0 Å². The van der Waals surface area contributed by atoms with Crippen LogP contribution in [-0.4, -0.2) is 28.8 Å². The van der Waals surface area contributed by atoms with E-state index in [1.165, 1.54) is 19.1 Å². The predicted octanol–water partition coefficient (Wildman–Crippen LogP) is 3.68. The highest BCUT2D eigenvalue weighted by molar-refractivity contribution is 5.92. The Labute approximate surface area is 176 Å². The first kappa shape index (κ1) is 22.1. The predicted molar refractivity (Wildman–Crippen MR) is 109 cm³/mol. The van der Waals surface area contributed by atoms with E-state index in [1.807, 2.05) is 25.1 Å². The van der Waals surface area contributed by atoms with Crippen LogP contribution >= 0.6 is 0 Å². The zero-order valence-corrected chi connectivity index (χ0v) is 16.9. The SMILES string of the molecule is Cc1ccccc1OCCNC(=O)c1nn(-c2cccc(C(F)(F)F)c2)c(C)cc1=O. The third-order valence-corrected chi connectivity index (χ3v) is 4.48. The second-order valence-corrected chi connectivity index (χ2v) is 6.83. The van der Waals surface area contributed by atoms with Gasteiger partial charge in [-0.05, 0) is 43.7 Å². The van der Waals surface area contributed by atoms with Crippen molar-refractivity contribution in [2.24, 2.45) is 0 Å². The Balaban J connectivity index is 1.75. The molecular formula is C22H20F3N3O3. The minimum absolute atomic E-state index is 0.0873. The van der Waals surface area contributed by atoms with Crippen LogP contribution in [0.4, 0.5) is 13.2 Å². The number of halogens is 3. The zero-order valence-electron chi connectivity index (χ0n) is 16.9. The van der Waals surface area contributed by atoms with Gasteiger partial charge in [0, 0.05) is 11.8 Å². The van der Waals surface area contributed by atoms with Crippen molar-refractivity contribution in [1.82, 2.24) is 15.1 Å². The molecule has 0 saturated heterocycles. The van der Waals surface area contributed by atoms with Gasteiger partial charge in [0.2, 0.25) is 5.43 Å². The van der Waals surface area contributed by atoms with Crippen LogP contribution in [0.25, 0.3) is 5.69 Å². The zero-order chi connectivity index (χ0) is 22.6. The molecule has 1 aromatic heterocycles. The number of para-hydroxylation sites is 1. The summed E-state index contributed by atoms with van der Waals surface area (Å²) in [6.07, 6.45) is -4.53. The highest BCUT2D eigenvalue weighted by atomic mass is 19.4. The smallest absolute Gasteiger partial charge is 0.416 e. The van der Waals surface area contributed by atoms with E-state index in [4.69, 9.17) is 4.74 Å². The van der Waals surface area contributed by atoms with Gasteiger partial charge in [0.05, 0.1) is 17.8 Å². The number of hydrogen-bond donors (Lipinski definition) is 1. The number of ether oxygens (including phenoxy) is 1. The largest absolute Gasteiger partial charge is 0.491 e. The molecule has 0 aliphatic rings. The van der Waals surface area contributed by atoms with Crippen LogP contribution in [-0.2, 0) is 6.18 Å². The maximum atomic E-state index is 13.0. The Kier molecular flexibility index (Phi) is 6.43. The summed E-state index contributed by atoms with van der Waals surface area (Å²) < 4.78 is 45.8. The lowest BCUT2D eigenvalue weighted by Crippen LogP contribution is -2.34. The average Bonchev–Trinajstić information content (AvgIpc) is 2.72. The standard InChI is InChI=1S/C22H20F3N3O3/c1-14-6-3-4-9-19(14)31-11-10-26-21(30)20-18(29)12-15(2)28(27-20)17-8-5-7-16(13-17)22(23,24)25/h3-9,12-13H,10-11H2,1-2H3,(H,26,30). The normalized spacial score (nSPS) is 11.3. The first-order chi connectivity index (χ1) is 14.7. The molecular weight excluding hydrogens is 411 g/mol. The molecule has 0 aliphatic carbocycles. The third-order valence-electron chi connectivity index (χ3n) is 4.48. The van der Waals surface area contributed by atoms with E-state index < -0.39 is 28.8 Å². The van der Waals surface area contributed by atoms with Crippen LogP contribution in [0, 0.1) is 13.8 Å². The molecule has 3 aromatic rings. The summed E-state index contributed by atoms with van der Waals surface area (Å²) >= 11 is 0. The molecule has 9 heteroatoms. The Hall–Kier alpha value is -3.62. The molecule has 0 aliphatic heterocycles. The Bertz CT molecular complexity index is 1160. The van der Waals surface area contributed by atoms with E-state index in [-0.39, 0.29) is 18.8 Å². The second-order valence-electron chi connectivity index (χ2n) is 6.83. The molecule has 3 rings (SSSR count). The lowest BCUT2D eigenvalue weighted by atomic mass is 10.2. The maximum Gasteiger partial charge on any atom is 0.416 e. The quantitative estimate of drug-likeness (QED) is 0.605. The van der Waals surface area contributed by atoms with Crippen LogP contribution < -0.4 is 15.5 Å². The van der Waals surface area contributed by atoms with Crippen LogP contribution in [0.1, 0.15) is 27.3 Å². The van der Waals surface area contributed by atoms with E-state index >= 15 is 0 Å². The molecule has 0 saturated carbocycles. The number of aromatic nitrogens is 2. The van der Waals surface area contributed by atoms with Gasteiger partial charge in [0.25, 0.3) is 5.91 Å². The Morgan fingerprint density at radius 1 is 1.10 bits per heavy atom. The van der Waals surface area contributed by atoms with Crippen molar-refractivity contribution < 1.29 is 22.7 Å². The molecule has 0 atom stereocenters. The van der Waals surface area contributed by atoms with Gasteiger partial charge in [0.1, 0.15) is 12.4 Å². The van der Waals surface area contributed by atoms with E-state index in [9.17, 15) is 22.8 Å². The van der Waals surface area contributed by atoms with Crippen molar-refractivity contribution >= 4 is 5.91 Å². The van der Waals surface area contributed by atoms with Crippen molar-refractivity contribution in [3.05, 3.63) is 87.3 Å². The summed E-state index contributed by atoms with van der Waals surface area (Å²) in [5.41, 5.74) is -0.577. The van der Waals surface area contributed by atoms with Crippen LogP contribution in [0.5, 0.6) is 5.75 Å². The molecule has 1 amide bonds. The topological polar surface area (TPSA) is 73.2 Å². The molecule has 0 spiro atoms. The fraction of sp³-hybridized carbons (Fsp3) is 0.227. The number of hydrogen-bond acceptors (Lipinski definition) is 4. The van der Waals surface area contributed by atoms with Gasteiger partial charge in [-0.25, -0.2) is 4.68 Å². The van der Waals surface area contributed by atoms with Gasteiger partial charge in [-0.15, -0.1) is 0 Å². The molecule has 6 nitrogen and oxygen atoms in total. The highest BCUT2D eigenvalue weighted by Crippen LogP contribution is 2.30. The molecule has 0 radical (unpaired) electrons. The molecule has 162 valence electrons. The maximum absolute atomic E-state index is 13.0. The average molecular weight is 431 g/mol. The molecule has 31 heavy (non-hydrogen) atoms. The number of carbonyl (C=O) groups is 1. The molecule has 2 aromatic carbocycles. The summed E-state index contributed by atoms with van der Waals surface area (Å²) in [4.78, 5) is 24.7. The van der Waals surface area contributed by atoms with Gasteiger partial charge in [0.15, 0.2) is 5.69 Å². The van der Waals surface area contributed by atoms with Gasteiger partial charge in [-0.2, -0.15) is 18.3 Å². The summed E-state index contributed by atoms with van der Waals surface area (Å²) in [6, 6.07) is 13.0. The number of carbonyl (C=O) groups excluding carboxylic acids is 1. The van der Waals surface area contributed by atoms with E-state index in [1.54, 1.807) is 6.07 Å². The number of nitrogens with one attached hydrogen (secondary N) is 1. The lowest BCUT2D eigenvalue weighted by Gasteiger charge is -2.14. The molecule has 0 bridgehead atoms. The monoisotopic (exact) mass is 431 g/mol. The molecule has 1 heterocycles. The van der Waals surface area contributed by atoms with Crippen molar-refractivity contribution in [3.8, 4) is 11.4 Å². The van der Waals surface area contributed by atoms with Gasteiger partial charge < -0.3 is 10.1 Å². The summed E-state index contributed by atoms with van der Waals surface area (Å²) in [7, 11) is 0. The highest BCUT2D eigenvalue weighted by Gasteiger charge is 2.30. The van der Waals surface area contributed by atoms with E-state index in [0.717, 1.165) is 28.4 Å². The minimum Gasteiger partial charge on any atom is -0.491 e. The number of nitrogens with zero attached hydrogens (tertiary/aromatic N) is 2. The third kappa shape index (κ3) is 5.30. The first-order valence-corrected chi connectivity index (χ1v) is 9.42. The van der Waals surface area contributed by atoms with Crippen molar-refractivity contribution in [3.63, 3.8) is 0 Å². The van der Waals surface area contributed by atoms with Crippen LogP contribution in [0.3, 0.4) is 0 Å². The van der Waals surface area contributed by atoms with Gasteiger partial charge in [-0.3, -0.25) is 9.59 Å². The van der Waals surface area contributed by atoms with Crippen molar-refractivity contribution in [2.75, 3.05) is 13.2 Å². The summed E-state index contributed by atoms with van der Waals surface area (Å²) in [5.74, 6) is -0.0591. The molecule has 1 N–H and O–H groups in total. The second kappa shape index (κ2) is 9.03. The number of rotatable bonds is 6. The van der Waals surface area contributed by atoms with Gasteiger partial charge in [-0.1, -0.05) is 24.3 Å².